The zero-order chi connectivity index (χ0) is 14.1. The summed E-state index contributed by atoms with van der Waals surface area (Å²) >= 11 is 0. The Morgan fingerprint density at radius 3 is 2.58 bits per heavy atom. The molecule has 104 valence electrons. The molecule has 0 aliphatic rings. The lowest BCUT2D eigenvalue weighted by atomic mass is 10.2. The second-order valence-electron chi connectivity index (χ2n) is 3.80. The topological polar surface area (TPSA) is 90.6 Å². The SMILES string of the molecule is CCOC(=O)[C@@H](N)CNC(=O)OCc1ccccc1. The van der Waals surface area contributed by atoms with E-state index >= 15 is 0 Å². The van der Waals surface area contributed by atoms with Crippen molar-refractivity contribution in [2.45, 2.75) is 19.6 Å². The lowest BCUT2D eigenvalue weighted by molar-refractivity contribution is -0.144. The fourth-order valence-electron chi connectivity index (χ4n) is 1.30. The second kappa shape index (κ2) is 8.10. The molecule has 1 amide bonds. The van der Waals surface area contributed by atoms with Gasteiger partial charge >= 0.3 is 12.1 Å². The Hall–Kier alpha value is -2.08. The summed E-state index contributed by atoms with van der Waals surface area (Å²) in [5.74, 6) is -0.550. The van der Waals surface area contributed by atoms with Gasteiger partial charge in [-0.1, -0.05) is 30.3 Å². The van der Waals surface area contributed by atoms with E-state index in [1.807, 2.05) is 30.3 Å². The molecule has 0 aliphatic carbocycles. The zero-order valence-corrected chi connectivity index (χ0v) is 10.8. The molecule has 0 bridgehead atoms. The molecular formula is C13H18N2O4. The molecule has 0 unspecified atom stereocenters. The highest BCUT2D eigenvalue weighted by atomic mass is 16.5. The van der Waals surface area contributed by atoms with Gasteiger partial charge < -0.3 is 20.5 Å². The third kappa shape index (κ3) is 5.87. The van der Waals surface area contributed by atoms with Gasteiger partial charge in [-0.15, -0.1) is 0 Å². The number of carbonyl (C=O) groups is 2. The predicted molar refractivity (Wildman–Crippen MR) is 69.2 cm³/mol. The summed E-state index contributed by atoms with van der Waals surface area (Å²) in [6.07, 6.45) is -0.622. The van der Waals surface area contributed by atoms with Crippen molar-refractivity contribution < 1.29 is 19.1 Å². The van der Waals surface area contributed by atoms with Crippen LogP contribution in [0.15, 0.2) is 30.3 Å². The summed E-state index contributed by atoms with van der Waals surface area (Å²) in [5.41, 5.74) is 6.40. The van der Waals surface area contributed by atoms with Crippen LogP contribution in [0, 0.1) is 0 Å². The van der Waals surface area contributed by atoms with Crippen LogP contribution in [0.3, 0.4) is 0 Å². The quantitative estimate of drug-likeness (QED) is 0.743. The van der Waals surface area contributed by atoms with Gasteiger partial charge in [0.2, 0.25) is 0 Å². The van der Waals surface area contributed by atoms with Crippen molar-refractivity contribution in [2.24, 2.45) is 5.73 Å². The summed E-state index contributed by atoms with van der Waals surface area (Å²) in [6.45, 7) is 2.09. The molecule has 6 heteroatoms. The van der Waals surface area contributed by atoms with Crippen molar-refractivity contribution in [3.05, 3.63) is 35.9 Å². The molecule has 19 heavy (non-hydrogen) atoms. The third-order valence-corrected chi connectivity index (χ3v) is 2.27. The molecular weight excluding hydrogens is 248 g/mol. The van der Waals surface area contributed by atoms with Gasteiger partial charge in [0, 0.05) is 6.54 Å². The number of alkyl carbamates (subject to hydrolysis) is 1. The van der Waals surface area contributed by atoms with Gasteiger partial charge in [-0.25, -0.2) is 4.79 Å². The highest BCUT2D eigenvalue weighted by Crippen LogP contribution is 2.00. The Bertz CT molecular complexity index is 408. The van der Waals surface area contributed by atoms with E-state index in [2.05, 4.69) is 5.32 Å². The van der Waals surface area contributed by atoms with E-state index < -0.39 is 18.1 Å². The van der Waals surface area contributed by atoms with E-state index in [1.165, 1.54) is 0 Å². The maximum atomic E-state index is 11.4. The Labute approximate surface area is 111 Å². The van der Waals surface area contributed by atoms with E-state index in [9.17, 15) is 9.59 Å². The highest BCUT2D eigenvalue weighted by Gasteiger charge is 2.15. The van der Waals surface area contributed by atoms with Crippen molar-refractivity contribution >= 4 is 12.1 Å². The normalized spacial score (nSPS) is 11.5. The van der Waals surface area contributed by atoms with Crippen LogP contribution in [-0.2, 0) is 20.9 Å². The summed E-state index contributed by atoms with van der Waals surface area (Å²) in [4.78, 5) is 22.6. The minimum Gasteiger partial charge on any atom is -0.465 e. The molecule has 0 spiro atoms. The van der Waals surface area contributed by atoms with Crippen LogP contribution >= 0.6 is 0 Å². The summed E-state index contributed by atoms with van der Waals surface area (Å²) in [5, 5.41) is 2.40. The number of hydrogen-bond acceptors (Lipinski definition) is 5. The number of ether oxygens (including phenoxy) is 2. The molecule has 1 aromatic carbocycles. The van der Waals surface area contributed by atoms with Gasteiger partial charge in [-0.05, 0) is 12.5 Å². The molecule has 0 saturated heterocycles. The first-order valence-electron chi connectivity index (χ1n) is 6.00. The van der Waals surface area contributed by atoms with Gasteiger partial charge in [-0.3, -0.25) is 4.79 Å². The van der Waals surface area contributed by atoms with Gasteiger partial charge in [0.1, 0.15) is 12.6 Å². The Morgan fingerprint density at radius 1 is 1.26 bits per heavy atom. The first-order chi connectivity index (χ1) is 9.13. The molecule has 0 fully saturated rings. The molecule has 1 atom stereocenters. The van der Waals surface area contributed by atoms with Crippen molar-refractivity contribution in [1.29, 1.82) is 0 Å². The summed E-state index contributed by atoms with van der Waals surface area (Å²) in [6, 6.07) is 8.39. The van der Waals surface area contributed by atoms with Crippen LogP contribution in [0.4, 0.5) is 4.79 Å². The van der Waals surface area contributed by atoms with E-state index in [0.29, 0.717) is 0 Å². The van der Waals surface area contributed by atoms with Gasteiger partial charge in [0.15, 0.2) is 0 Å². The largest absolute Gasteiger partial charge is 0.465 e. The minimum atomic E-state index is -0.885. The average molecular weight is 266 g/mol. The first-order valence-corrected chi connectivity index (χ1v) is 6.00. The van der Waals surface area contributed by atoms with Crippen LogP contribution < -0.4 is 11.1 Å². The Kier molecular flexibility index (Phi) is 6.38. The van der Waals surface area contributed by atoms with Crippen molar-refractivity contribution in [2.75, 3.05) is 13.2 Å². The number of rotatable bonds is 6. The maximum absolute atomic E-state index is 11.4. The van der Waals surface area contributed by atoms with Gasteiger partial charge in [0.25, 0.3) is 0 Å². The van der Waals surface area contributed by atoms with Gasteiger partial charge in [-0.2, -0.15) is 0 Å². The highest BCUT2D eigenvalue weighted by molar-refractivity contribution is 5.77. The van der Waals surface area contributed by atoms with E-state index in [4.69, 9.17) is 15.2 Å². The number of benzene rings is 1. The van der Waals surface area contributed by atoms with Crippen LogP contribution in [0.2, 0.25) is 0 Å². The molecule has 1 rings (SSSR count). The Morgan fingerprint density at radius 2 is 1.95 bits per heavy atom. The fraction of sp³-hybridized carbons (Fsp3) is 0.385. The van der Waals surface area contributed by atoms with Crippen LogP contribution in [0.5, 0.6) is 0 Å². The van der Waals surface area contributed by atoms with Crippen LogP contribution in [0.25, 0.3) is 0 Å². The maximum Gasteiger partial charge on any atom is 0.407 e. The fourth-order valence-corrected chi connectivity index (χ4v) is 1.30. The predicted octanol–water partition coefficient (Wildman–Crippen LogP) is 0.803. The first kappa shape index (κ1) is 15.0. The number of amides is 1. The molecule has 0 heterocycles. The molecule has 0 aliphatic heterocycles. The van der Waals surface area contributed by atoms with Crippen molar-refractivity contribution in [1.82, 2.24) is 5.32 Å². The molecule has 0 saturated carbocycles. The number of nitrogens with two attached hydrogens (primary N) is 1. The van der Waals surface area contributed by atoms with Gasteiger partial charge in [0.05, 0.1) is 6.61 Å². The second-order valence-corrected chi connectivity index (χ2v) is 3.80. The summed E-state index contributed by atoms with van der Waals surface area (Å²) < 4.78 is 9.67. The Balaban J connectivity index is 2.23. The standard InChI is InChI=1S/C13H18N2O4/c1-2-18-12(16)11(14)8-15-13(17)19-9-10-6-4-3-5-7-10/h3-7,11H,2,8-9,14H2,1H3,(H,15,17)/t11-/m0/s1. The lowest BCUT2D eigenvalue weighted by Gasteiger charge is -2.11. The summed E-state index contributed by atoms with van der Waals surface area (Å²) in [7, 11) is 0. The number of esters is 1. The van der Waals surface area contributed by atoms with Crippen LogP contribution in [-0.4, -0.2) is 31.3 Å². The molecule has 6 nitrogen and oxygen atoms in total. The molecule has 3 N–H and O–H groups in total. The molecule has 1 aromatic rings. The number of nitrogens with one attached hydrogen (secondary N) is 1. The van der Waals surface area contributed by atoms with Crippen molar-refractivity contribution in [3.8, 4) is 0 Å². The average Bonchev–Trinajstić information content (AvgIpc) is 2.43. The molecule has 0 aromatic heterocycles. The number of hydrogen-bond donors (Lipinski definition) is 2. The third-order valence-electron chi connectivity index (χ3n) is 2.27. The van der Waals surface area contributed by atoms with E-state index in [0.717, 1.165) is 5.56 Å². The van der Waals surface area contributed by atoms with E-state index in [1.54, 1.807) is 6.92 Å². The minimum absolute atomic E-state index is 0.0214. The van der Waals surface area contributed by atoms with E-state index in [-0.39, 0.29) is 19.8 Å². The lowest BCUT2D eigenvalue weighted by Crippen LogP contribution is -2.43. The van der Waals surface area contributed by atoms with Crippen LogP contribution in [0.1, 0.15) is 12.5 Å². The monoisotopic (exact) mass is 266 g/mol. The molecule has 0 radical (unpaired) electrons. The van der Waals surface area contributed by atoms with Crippen molar-refractivity contribution in [3.63, 3.8) is 0 Å². The number of carbonyl (C=O) groups excluding carboxylic acids is 2. The zero-order valence-electron chi connectivity index (χ0n) is 10.8. The smallest absolute Gasteiger partial charge is 0.407 e.